The van der Waals surface area contributed by atoms with Crippen LogP contribution in [-0.2, 0) is 0 Å². The van der Waals surface area contributed by atoms with Crippen LogP contribution >= 0.6 is 0 Å². The molecule has 3 aromatic rings. The summed E-state index contributed by atoms with van der Waals surface area (Å²) in [4.78, 5) is 17.2. The number of ketones is 1. The van der Waals surface area contributed by atoms with E-state index in [-0.39, 0.29) is 17.6 Å². The molecule has 0 amide bonds. The van der Waals surface area contributed by atoms with Crippen molar-refractivity contribution in [3.8, 4) is 0 Å². The molecule has 3 rings (SSSR count). The van der Waals surface area contributed by atoms with Gasteiger partial charge >= 0.3 is 0 Å². The third-order valence-corrected chi connectivity index (χ3v) is 4.23. The Hall–Kier alpha value is -2.74. The standard InChI is InChI=1S/C21H19NO/c1-16(17-12-14-22-15-13-17)20(18-8-4-2-5-9-18)21(23)19-10-6-3-7-11-19/h2-16,20H,1H3. The second kappa shape index (κ2) is 7.01. The summed E-state index contributed by atoms with van der Waals surface area (Å²) >= 11 is 0. The van der Waals surface area contributed by atoms with Crippen LogP contribution in [-0.4, -0.2) is 10.8 Å². The molecule has 0 bridgehead atoms. The number of hydrogen-bond acceptors (Lipinski definition) is 2. The molecule has 0 saturated heterocycles. The zero-order valence-electron chi connectivity index (χ0n) is 13.1. The van der Waals surface area contributed by atoms with Gasteiger partial charge in [-0.05, 0) is 29.2 Å². The van der Waals surface area contributed by atoms with Crippen LogP contribution in [0.15, 0.2) is 85.2 Å². The lowest BCUT2D eigenvalue weighted by Crippen LogP contribution is -2.19. The van der Waals surface area contributed by atoms with E-state index in [2.05, 4.69) is 11.9 Å². The first kappa shape index (κ1) is 15.2. The summed E-state index contributed by atoms with van der Waals surface area (Å²) in [6.07, 6.45) is 3.56. The van der Waals surface area contributed by atoms with E-state index in [9.17, 15) is 4.79 Å². The van der Waals surface area contributed by atoms with E-state index in [4.69, 9.17) is 0 Å². The van der Waals surface area contributed by atoms with Crippen LogP contribution in [0.3, 0.4) is 0 Å². The van der Waals surface area contributed by atoms with E-state index in [1.165, 1.54) is 0 Å². The van der Waals surface area contributed by atoms with Gasteiger partial charge in [0.25, 0.3) is 0 Å². The van der Waals surface area contributed by atoms with Crippen molar-refractivity contribution >= 4 is 5.78 Å². The molecule has 1 heterocycles. The normalized spacial score (nSPS) is 13.3. The van der Waals surface area contributed by atoms with E-state index in [1.54, 1.807) is 12.4 Å². The first-order valence-electron chi connectivity index (χ1n) is 7.81. The lowest BCUT2D eigenvalue weighted by Gasteiger charge is -2.24. The molecule has 0 spiro atoms. The predicted octanol–water partition coefficient (Wildman–Crippen LogP) is 4.85. The summed E-state index contributed by atoms with van der Waals surface area (Å²) in [5.41, 5.74) is 2.92. The van der Waals surface area contributed by atoms with Gasteiger partial charge in [-0.3, -0.25) is 9.78 Å². The molecule has 114 valence electrons. The van der Waals surface area contributed by atoms with Gasteiger partial charge in [-0.25, -0.2) is 0 Å². The molecule has 23 heavy (non-hydrogen) atoms. The Morgan fingerprint density at radius 1 is 0.783 bits per heavy atom. The fraction of sp³-hybridized carbons (Fsp3) is 0.143. The van der Waals surface area contributed by atoms with Crippen LogP contribution in [0.1, 0.15) is 40.2 Å². The van der Waals surface area contributed by atoms with Crippen LogP contribution in [0.2, 0.25) is 0 Å². The number of Topliss-reactive ketones (excluding diaryl/α,β-unsaturated/α-hetero) is 1. The molecule has 2 atom stereocenters. The van der Waals surface area contributed by atoms with Crippen molar-refractivity contribution in [2.45, 2.75) is 18.8 Å². The summed E-state index contributed by atoms with van der Waals surface area (Å²) in [6.45, 7) is 2.10. The van der Waals surface area contributed by atoms with Gasteiger partial charge in [-0.1, -0.05) is 67.6 Å². The zero-order valence-corrected chi connectivity index (χ0v) is 13.1. The number of pyridine rings is 1. The van der Waals surface area contributed by atoms with Crippen LogP contribution in [0.25, 0.3) is 0 Å². The first-order chi connectivity index (χ1) is 11.3. The van der Waals surface area contributed by atoms with Gasteiger partial charge < -0.3 is 0 Å². The monoisotopic (exact) mass is 301 g/mol. The molecule has 0 fully saturated rings. The number of carbonyl (C=O) groups excluding carboxylic acids is 1. The Labute approximate surface area is 136 Å². The fourth-order valence-electron chi connectivity index (χ4n) is 2.97. The number of benzene rings is 2. The Bertz CT molecular complexity index is 754. The summed E-state index contributed by atoms with van der Waals surface area (Å²) < 4.78 is 0. The number of carbonyl (C=O) groups is 1. The van der Waals surface area contributed by atoms with Gasteiger partial charge in [0, 0.05) is 18.0 Å². The van der Waals surface area contributed by atoms with Gasteiger partial charge in [0.15, 0.2) is 5.78 Å². The summed E-state index contributed by atoms with van der Waals surface area (Å²) in [5.74, 6) is 0.0234. The second-order valence-corrected chi connectivity index (χ2v) is 5.69. The fourth-order valence-corrected chi connectivity index (χ4v) is 2.97. The quantitative estimate of drug-likeness (QED) is 0.630. The molecule has 2 heteroatoms. The van der Waals surface area contributed by atoms with Crippen molar-refractivity contribution in [2.75, 3.05) is 0 Å². The van der Waals surface area contributed by atoms with Crippen molar-refractivity contribution in [1.82, 2.24) is 4.98 Å². The lowest BCUT2D eigenvalue weighted by atomic mass is 9.78. The molecule has 2 nitrogen and oxygen atoms in total. The molecular weight excluding hydrogens is 282 g/mol. The highest BCUT2D eigenvalue weighted by Crippen LogP contribution is 2.35. The number of hydrogen-bond donors (Lipinski definition) is 0. The summed E-state index contributed by atoms with van der Waals surface area (Å²) in [6, 6.07) is 23.5. The first-order valence-corrected chi connectivity index (χ1v) is 7.81. The molecule has 2 aromatic carbocycles. The molecular formula is C21H19NO. The average Bonchev–Trinajstić information content (AvgIpc) is 2.64. The molecule has 0 aliphatic heterocycles. The van der Waals surface area contributed by atoms with Gasteiger partial charge in [0.05, 0.1) is 5.92 Å². The van der Waals surface area contributed by atoms with E-state index in [0.717, 1.165) is 16.7 Å². The molecule has 0 radical (unpaired) electrons. The minimum atomic E-state index is -0.207. The highest BCUT2D eigenvalue weighted by molar-refractivity contribution is 6.01. The van der Waals surface area contributed by atoms with Crippen molar-refractivity contribution in [2.24, 2.45) is 0 Å². The van der Waals surface area contributed by atoms with E-state index < -0.39 is 0 Å². The Morgan fingerprint density at radius 2 is 1.35 bits per heavy atom. The van der Waals surface area contributed by atoms with Crippen molar-refractivity contribution in [3.05, 3.63) is 102 Å². The van der Waals surface area contributed by atoms with Gasteiger partial charge in [-0.2, -0.15) is 0 Å². The lowest BCUT2D eigenvalue weighted by molar-refractivity contribution is 0.0949. The zero-order chi connectivity index (χ0) is 16.1. The topological polar surface area (TPSA) is 30.0 Å². The maximum absolute atomic E-state index is 13.1. The predicted molar refractivity (Wildman–Crippen MR) is 92.6 cm³/mol. The molecule has 1 aromatic heterocycles. The highest BCUT2D eigenvalue weighted by Gasteiger charge is 2.28. The minimum absolute atomic E-state index is 0.0770. The van der Waals surface area contributed by atoms with Crippen molar-refractivity contribution in [3.63, 3.8) is 0 Å². The summed E-state index contributed by atoms with van der Waals surface area (Å²) in [7, 11) is 0. The number of rotatable bonds is 5. The van der Waals surface area contributed by atoms with Crippen molar-refractivity contribution in [1.29, 1.82) is 0 Å². The molecule has 2 unspecified atom stereocenters. The Morgan fingerprint density at radius 3 is 1.96 bits per heavy atom. The SMILES string of the molecule is CC(c1ccncc1)C(C(=O)c1ccccc1)c1ccccc1. The van der Waals surface area contributed by atoms with Crippen LogP contribution in [0.4, 0.5) is 0 Å². The maximum atomic E-state index is 13.1. The van der Waals surface area contributed by atoms with Crippen LogP contribution < -0.4 is 0 Å². The largest absolute Gasteiger partial charge is 0.293 e. The molecule has 0 N–H and O–H groups in total. The van der Waals surface area contributed by atoms with E-state index >= 15 is 0 Å². The number of aromatic nitrogens is 1. The smallest absolute Gasteiger partial charge is 0.170 e. The van der Waals surface area contributed by atoms with Crippen molar-refractivity contribution < 1.29 is 4.79 Å². The van der Waals surface area contributed by atoms with E-state index in [0.29, 0.717) is 0 Å². The third kappa shape index (κ3) is 3.37. The summed E-state index contributed by atoms with van der Waals surface area (Å²) in [5, 5.41) is 0. The Balaban J connectivity index is 2.03. The Kier molecular flexibility index (Phi) is 4.62. The van der Waals surface area contributed by atoms with Gasteiger partial charge in [0.2, 0.25) is 0 Å². The third-order valence-electron chi connectivity index (χ3n) is 4.23. The molecule has 0 aliphatic carbocycles. The maximum Gasteiger partial charge on any atom is 0.170 e. The van der Waals surface area contributed by atoms with Gasteiger partial charge in [-0.15, -0.1) is 0 Å². The second-order valence-electron chi connectivity index (χ2n) is 5.69. The molecule has 0 saturated carbocycles. The minimum Gasteiger partial charge on any atom is -0.293 e. The van der Waals surface area contributed by atoms with Crippen LogP contribution in [0.5, 0.6) is 0 Å². The van der Waals surface area contributed by atoms with Crippen LogP contribution in [0, 0.1) is 0 Å². The number of nitrogens with zero attached hydrogens (tertiary/aromatic N) is 1. The highest BCUT2D eigenvalue weighted by atomic mass is 16.1. The van der Waals surface area contributed by atoms with Gasteiger partial charge in [0.1, 0.15) is 0 Å². The average molecular weight is 301 g/mol. The van der Waals surface area contributed by atoms with E-state index in [1.807, 2.05) is 72.8 Å². The molecule has 0 aliphatic rings.